The predicted octanol–water partition coefficient (Wildman–Crippen LogP) is 2.28. The number of aryl methyl sites for hydroxylation is 1. The molecule has 90 valence electrons. The minimum Gasteiger partial charge on any atom is -0.385 e. The molecule has 0 aliphatic heterocycles. The van der Waals surface area contributed by atoms with E-state index in [0.717, 1.165) is 43.3 Å². The van der Waals surface area contributed by atoms with E-state index in [9.17, 15) is 4.79 Å². The van der Waals surface area contributed by atoms with Crippen LogP contribution in [0.5, 0.6) is 0 Å². The van der Waals surface area contributed by atoms with E-state index in [-0.39, 0.29) is 0 Å². The molecule has 0 unspecified atom stereocenters. The monoisotopic (exact) mass is 232 g/mol. The first-order chi connectivity index (χ1) is 8.36. The number of carbonyl (C=O) groups is 1. The van der Waals surface area contributed by atoms with Crippen molar-refractivity contribution < 1.29 is 9.53 Å². The molecule has 0 aromatic carbocycles. The zero-order valence-electron chi connectivity index (χ0n) is 9.93. The van der Waals surface area contributed by atoms with E-state index in [4.69, 9.17) is 4.74 Å². The summed E-state index contributed by atoms with van der Waals surface area (Å²) < 4.78 is 7.05. The Morgan fingerprint density at radius 2 is 2.35 bits per heavy atom. The molecule has 0 radical (unpaired) electrons. The summed E-state index contributed by atoms with van der Waals surface area (Å²) in [4.78, 5) is 15.3. The van der Waals surface area contributed by atoms with Crippen molar-refractivity contribution in [2.45, 2.75) is 19.4 Å². The van der Waals surface area contributed by atoms with Crippen LogP contribution in [0, 0.1) is 0 Å². The highest BCUT2D eigenvalue weighted by atomic mass is 16.5. The van der Waals surface area contributed by atoms with Crippen LogP contribution in [-0.2, 0) is 11.3 Å². The average molecular weight is 232 g/mol. The van der Waals surface area contributed by atoms with Crippen molar-refractivity contribution in [3.05, 3.63) is 30.1 Å². The maximum absolute atomic E-state index is 10.9. The van der Waals surface area contributed by atoms with Gasteiger partial charge < -0.3 is 9.30 Å². The molecule has 0 amide bonds. The van der Waals surface area contributed by atoms with Gasteiger partial charge in [-0.1, -0.05) is 0 Å². The van der Waals surface area contributed by atoms with Gasteiger partial charge in [0.15, 0.2) is 6.29 Å². The van der Waals surface area contributed by atoms with Gasteiger partial charge in [-0.25, -0.2) is 4.98 Å². The second-order valence-corrected chi connectivity index (χ2v) is 3.97. The fourth-order valence-electron chi connectivity index (χ4n) is 1.94. The Morgan fingerprint density at radius 1 is 1.47 bits per heavy atom. The lowest BCUT2D eigenvalue weighted by molar-refractivity contribution is 0.112. The van der Waals surface area contributed by atoms with Crippen molar-refractivity contribution in [1.29, 1.82) is 0 Å². The molecular formula is C13H16N2O2. The van der Waals surface area contributed by atoms with E-state index in [1.807, 2.05) is 22.9 Å². The summed E-state index contributed by atoms with van der Waals surface area (Å²) in [6.45, 7) is 1.64. The van der Waals surface area contributed by atoms with Crippen molar-refractivity contribution in [3.63, 3.8) is 0 Å². The van der Waals surface area contributed by atoms with Crippen LogP contribution in [0.2, 0.25) is 0 Å². The van der Waals surface area contributed by atoms with Crippen molar-refractivity contribution in [3.8, 4) is 0 Å². The molecule has 4 heteroatoms. The second kappa shape index (κ2) is 5.59. The van der Waals surface area contributed by atoms with Gasteiger partial charge in [0, 0.05) is 43.6 Å². The third-order valence-corrected chi connectivity index (χ3v) is 2.79. The highest BCUT2D eigenvalue weighted by Crippen LogP contribution is 2.18. The van der Waals surface area contributed by atoms with E-state index >= 15 is 0 Å². The van der Waals surface area contributed by atoms with E-state index < -0.39 is 0 Å². The van der Waals surface area contributed by atoms with E-state index in [1.165, 1.54) is 0 Å². The van der Waals surface area contributed by atoms with Gasteiger partial charge in [-0.3, -0.25) is 4.79 Å². The molecule has 4 nitrogen and oxygen atoms in total. The Bertz CT molecular complexity index is 505. The van der Waals surface area contributed by atoms with E-state index in [0.29, 0.717) is 5.56 Å². The SMILES string of the molecule is COCCCCn1cc(C=O)c2cccnc21. The molecule has 2 heterocycles. The molecule has 0 spiro atoms. The summed E-state index contributed by atoms with van der Waals surface area (Å²) >= 11 is 0. The van der Waals surface area contributed by atoms with Crippen molar-refractivity contribution in [2.24, 2.45) is 0 Å². The number of carbonyl (C=O) groups excluding carboxylic acids is 1. The number of fused-ring (bicyclic) bond motifs is 1. The fraction of sp³-hybridized carbons (Fsp3) is 0.385. The molecule has 2 aromatic heterocycles. The average Bonchev–Trinajstić information content (AvgIpc) is 2.73. The van der Waals surface area contributed by atoms with Crippen LogP contribution in [0.3, 0.4) is 0 Å². The number of unbranched alkanes of at least 4 members (excludes halogenated alkanes) is 1. The standard InChI is InChI=1S/C13H16N2O2/c1-17-8-3-2-7-15-9-11(10-16)12-5-4-6-14-13(12)15/h4-6,9-10H,2-3,7-8H2,1H3. The number of hydrogen-bond donors (Lipinski definition) is 0. The summed E-state index contributed by atoms with van der Waals surface area (Å²) in [5, 5.41) is 0.925. The number of rotatable bonds is 6. The van der Waals surface area contributed by atoms with Gasteiger partial charge in [0.05, 0.1) is 0 Å². The minimum atomic E-state index is 0.708. The highest BCUT2D eigenvalue weighted by molar-refractivity contribution is 5.95. The number of ether oxygens (including phenoxy) is 1. The first kappa shape index (κ1) is 11.8. The molecule has 0 bridgehead atoms. The van der Waals surface area contributed by atoms with E-state index in [2.05, 4.69) is 4.98 Å². The zero-order chi connectivity index (χ0) is 12.1. The van der Waals surface area contributed by atoms with Crippen LogP contribution in [0.4, 0.5) is 0 Å². The van der Waals surface area contributed by atoms with E-state index in [1.54, 1.807) is 13.3 Å². The highest BCUT2D eigenvalue weighted by Gasteiger charge is 2.07. The lowest BCUT2D eigenvalue weighted by Gasteiger charge is -2.03. The summed E-state index contributed by atoms with van der Waals surface area (Å²) in [5.41, 5.74) is 1.59. The lowest BCUT2D eigenvalue weighted by atomic mass is 10.2. The number of nitrogens with zero attached hydrogens (tertiary/aromatic N) is 2. The third kappa shape index (κ3) is 2.53. The molecule has 0 saturated heterocycles. The van der Waals surface area contributed by atoms with Crippen molar-refractivity contribution >= 4 is 17.3 Å². The largest absolute Gasteiger partial charge is 0.385 e. The van der Waals surface area contributed by atoms with Gasteiger partial charge in [0.1, 0.15) is 5.65 Å². The molecule has 0 fully saturated rings. The van der Waals surface area contributed by atoms with Crippen LogP contribution in [0.1, 0.15) is 23.2 Å². The Morgan fingerprint density at radius 3 is 3.12 bits per heavy atom. The first-order valence-electron chi connectivity index (χ1n) is 5.75. The summed E-state index contributed by atoms with van der Waals surface area (Å²) in [6, 6.07) is 3.78. The molecule has 0 aliphatic carbocycles. The van der Waals surface area contributed by atoms with Gasteiger partial charge in [-0.15, -0.1) is 0 Å². The van der Waals surface area contributed by atoms with Gasteiger partial charge in [0.25, 0.3) is 0 Å². The first-order valence-corrected chi connectivity index (χ1v) is 5.75. The van der Waals surface area contributed by atoms with Crippen molar-refractivity contribution in [1.82, 2.24) is 9.55 Å². The quantitative estimate of drug-likeness (QED) is 0.567. The van der Waals surface area contributed by atoms with Crippen molar-refractivity contribution in [2.75, 3.05) is 13.7 Å². The molecule has 2 aromatic rings. The van der Waals surface area contributed by atoms with Crippen LogP contribution in [-0.4, -0.2) is 29.6 Å². The normalized spacial score (nSPS) is 10.9. The Labute approximate surface area is 100 Å². The summed E-state index contributed by atoms with van der Waals surface area (Å²) in [5.74, 6) is 0. The maximum atomic E-state index is 10.9. The molecule has 0 N–H and O–H groups in total. The van der Waals surface area contributed by atoms with Crippen LogP contribution >= 0.6 is 0 Å². The van der Waals surface area contributed by atoms with Gasteiger partial charge >= 0.3 is 0 Å². The number of aromatic nitrogens is 2. The molecule has 2 rings (SSSR count). The molecule has 0 aliphatic rings. The van der Waals surface area contributed by atoms with Gasteiger partial charge in [-0.05, 0) is 25.0 Å². The Balaban J connectivity index is 2.19. The van der Waals surface area contributed by atoms with Gasteiger partial charge in [-0.2, -0.15) is 0 Å². The number of methoxy groups -OCH3 is 1. The van der Waals surface area contributed by atoms with Gasteiger partial charge in [0.2, 0.25) is 0 Å². The minimum absolute atomic E-state index is 0.708. The number of pyridine rings is 1. The Kier molecular flexibility index (Phi) is 3.88. The molecular weight excluding hydrogens is 216 g/mol. The van der Waals surface area contributed by atoms with Crippen LogP contribution in [0.15, 0.2) is 24.5 Å². The molecule has 0 saturated carbocycles. The summed E-state index contributed by atoms with van der Waals surface area (Å²) in [6.07, 6.45) is 6.54. The number of hydrogen-bond acceptors (Lipinski definition) is 3. The fourth-order valence-corrected chi connectivity index (χ4v) is 1.94. The lowest BCUT2D eigenvalue weighted by Crippen LogP contribution is -1.99. The smallest absolute Gasteiger partial charge is 0.152 e. The topological polar surface area (TPSA) is 44.1 Å². The molecule has 17 heavy (non-hydrogen) atoms. The van der Waals surface area contributed by atoms with Crippen LogP contribution < -0.4 is 0 Å². The van der Waals surface area contributed by atoms with Crippen LogP contribution in [0.25, 0.3) is 11.0 Å². The Hall–Kier alpha value is -1.68. The summed E-state index contributed by atoms with van der Waals surface area (Å²) in [7, 11) is 1.71. The predicted molar refractivity (Wildman–Crippen MR) is 66.2 cm³/mol. The maximum Gasteiger partial charge on any atom is 0.152 e. The zero-order valence-corrected chi connectivity index (χ0v) is 9.93. The molecule has 0 atom stereocenters. The second-order valence-electron chi connectivity index (χ2n) is 3.97. The third-order valence-electron chi connectivity index (χ3n) is 2.79. The number of aldehydes is 1.